The van der Waals surface area contributed by atoms with Crippen LogP contribution in [0.4, 0.5) is 0 Å². The second kappa shape index (κ2) is 4.75. The van der Waals surface area contributed by atoms with E-state index >= 15 is 0 Å². The van der Waals surface area contributed by atoms with E-state index in [1.807, 2.05) is 0 Å². The van der Waals surface area contributed by atoms with Crippen LogP contribution < -0.4 is 0 Å². The standard InChI is InChI=1S/C16H20O6/c1-6-5-8(17)10-7(2)15(20)22-13(10)11-9(6)12(18)14(19)16(11,3)21-4/h8,10-13,17-18H,2,5H2,1,3-4H3/t8-,10-,11-,12-,13-,16-/m1/s1. The summed E-state index contributed by atoms with van der Waals surface area (Å²) in [6, 6.07) is 0. The Kier molecular flexibility index (Phi) is 3.32. The van der Waals surface area contributed by atoms with Crippen molar-refractivity contribution in [1.29, 1.82) is 0 Å². The van der Waals surface area contributed by atoms with E-state index in [0.29, 0.717) is 5.57 Å². The van der Waals surface area contributed by atoms with Crippen LogP contribution in [0.5, 0.6) is 0 Å². The molecule has 22 heavy (non-hydrogen) atoms. The smallest absolute Gasteiger partial charge is 0.334 e. The Morgan fingerprint density at radius 3 is 2.59 bits per heavy atom. The number of aliphatic hydroxyl groups is 2. The number of ether oxygens (including phenoxy) is 2. The van der Waals surface area contributed by atoms with Crippen molar-refractivity contribution in [1.82, 2.24) is 0 Å². The predicted octanol–water partition coefficient (Wildman–Crippen LogP) is 0.130. The molecule has 1 aliphatic heterocycles. The summed E-state index contributed by atoms with van der Waals surface area (Å²) in [6.45, 7) is 7.08. The number of esters is 1. The Hall–Kier alpha value is -1.50. The van der Waals surface area contributed by atoms with E-state index in [2.05, 4.69) is 6.58 Å². The zero-order valence-corrected chi connectivity index (χ0v) is 12.8. The van der Waals surface area contributed by atoms with Gasteiger partial charge in [0.15, 0.2) is 5.78 Å². The molecule has 6 heteroatoms. The van der Waals surface area contributed by atoms with Gasteiger partial charge in [0, 0.05) is 12.7 Å². The molecule has 3 aliphatic rings. The number of carbonyl (C=O) groups is 2. The van der Waals surface area contributed by atoms with Crippen LogP contribution in [-0.2, 0) is 19.1 Å². The van der Waals surface area contributed by atoms with Gasteiger partial charge in [0.05, 0.1) is 17.9 Å². The van der Waals surface area contributed by atoms with Crippen LogP contribution in [0.2, 0.25) is 0 Å². The van der Waals surface area contributed by atoms with E-state index in [4.69, 9.17) is 9.47 Å². The van der Waals surface area contributed by atoms with E-state index in [1.165, 1.54) is 7.11 Å². The van der Waals surface area contributed by atoms with Crippen molar-refractivity contribution < 1.29 is 29.3 Å². The van der Waals surface area contributed by atoms with Crippen molar-refractivity contribution in [3.63, 3.8) is 0 Å². The molecule has 0 aromatic carbocycles. The van der Waals surface area contributed by atoms with Crippen molar-refractivity contribution in [2.45, 2.75) is 44.2 Å². The minimum Gasteiger partial charge on any atom is -0.457 e. The summed E-state index contributed by atoms with van der Waals surface area (Å²) in [5.41, 5.74) is 0.146. The Morgan fingerprint density at radius 1 is 1.36 bits per heavy atom. The second-order valence-electron chi connectivity index (χ2n) is 6.48. The highest BCUT2D eigenvalue weighted by Gasteiger charge is 2.64. The van der Waals surface area contributed by atoms with E-state index in [1.54, 1.807) is 13.8 Å². The lowest BCUT2D eigenvalue weighted by molar-refractivity contribution is -0.155. The number of carbonyl (C=O) groups excluding carboxylic acids is 2. The van der Waals surface area contributed by atoms with Gasteiger partial charge >= 0.3 is 5.97 Å². The molecule has 6 atom stereocenters. The summed E-state index contributed by atoms with van der Waals surface area (Å²) in [4.78, 5) is 24.4. The van der Waals surface area contributed by atoms with E-state index < -0.39 is 47.5 Å². The molecule has 0 radical (unpaired) electrons. The lowest BCUT2D eigenvalue weighted by Gasteiger charge is -2.34. The third-order valence-electron chi connectivity index (χ3n) is 5.40. The molecule has 6 nitrogen and oxygen atoms in total. The Bertz CT molecular complexity index is 606. The fourth-order valence-corrected chi connectivity index (χ4v) is 4.14. The number of ketones is 1. The quantitative estimate of drug-likeness (QED) is 0.406. The molecule has 120 valence electrons. The molecule has 0 bridgehead atoms. The molecule has 0 spiro atoms. The van der Waals surface area contributed by atoms with Crippen LogP contribution in [0.1, 0.15) is 20.3 Å². The molecule has 1 heterocycles. The molecule has 1 saturated carbocycles. The first-order valence-electron chi connectivity index (χ1n) is 7.29. The Labute approximate surface area is 128 Å². The summed E-state index contributed by atoms with van der Waals surface area (Å²) in [5.74, 6) is -2.24. The maximum atomic E-state index is 12.5. The number of hydrogen-bond donors (Lipinski definition) is 2. The first kappa shape index (κ1) is 15.4. The van der Waals surface area contributed by atoms with Crippen LogP contribution >= 0.6 is 0 Å². The number of hydrogen-bond acceptors (Lipinski definition) is 6. The largest absolute Gasteiger partial charge is 0.457 e. The summed E-state index contributed by atoms with van der Waals surface area (Å²) in [5, 5.41) is 20.8. The SMILES string of the molecule is C=C1C(=O)O[C@@H]2[C@H]1[C@H](O)CC(C)=C1[C@@H](O)C(=O)[C@](C)(OC)[C@H]12. The maximum Gasteiger partial charge on any atom is 0.334 e. The molecule has 2 N–H and O–H groups in total. The van der Waals surface area contributed by atoms with E-state index in [9.17, 15) is 19.8 Å². The minimum atomic E-state index is -1.30. The molecule has 0 amide bonds. The predicted molar refractivity (Wildman–Crippen MR) is 75.8 cm³/mol. The summed E-state index contributed by atoms with van der Waals surface area (Å²) in [6.07, 6.45) is -2.64. The second-order valence-corrected chi connectivity index (χ2v) is 6.48. The van der Waals surface area contributed by atoms with Crippen LogP contribution in [0.3, 0.4) is 0 Å². The minimum absolute atomic E-state index is 0.207. The van der Waals surface area contributed by atoms with Gasteiger partial charge in [-0.3, -0.25) is 4.79 Å². The molecule has 2 fully saturated rings. The van der Waals surface area contributed by atoms with Crippen molar-refractivity contribution in [3.05, 3.63) is 23.3 Å². The summed E-state index contributed by atoms with van der Waals surface area (Å²) < 4.78 is 10.8. The van der Waals surface area contributed by atoms with Crippen LogP contribution in [0.15, 0.2) is 23.3 Å². The van der Waals surface area contributed by atoms with Gasteiger partial charge in [0.2, 0.25) is 0 Å². The van der Waals surface area contributed by atoms with Crippen LogP contribution in [-0.4, -0.2) is 53.0 Å². The van der Waals surface area contributed by atoms with Crippen LogP contribution in [0.25, 0.3) is 0 Å². The third-order valence-corrected chi connectivity index (χ3v) is 5.40. The fourth-order valence-electron chi connectivity index (χ4n) is 4.14. The molecule has 0 aromatic rings. The van der Waals surface area contributed by atoms with Gasteiger partial charge in [-0.15, -0.1) is 0 Å². The van der Waals surface area contributed by atoms with E-state index in [-0.39, 0.29) is 12.0 Å². The maximum absolute atomic E-state index is 12.5. The van der Waals surface area contributed by atoms with Gasteiger partial charge in [0.1, 0.15) is 17.8 Å². The average molecular weight is 308 g/mol. The molecular formula is C16H20O6. The normalized spacial score (nSPS) is 44.8. The van der Waals surface area contributed by atoms with Crippen molar-refractivity contribution in [2.75, 3.05) is 7.11 Å². The third kappa shape index (κ3) is 1.71. The zero-order valence-electron chi connectivity index (χ0n) is 12.8. The zero-order chi connectivity index (χ0) is 16.4. The summed E-state index contributed by atoms with van der Waals surface area (Å²) in [7, 11) is 1.39. The Morgan fingerprint density at radius 2 is 2.00 bits per heavy atom. The fraction of sp³-hybridized carbons (Fsp3) is 0.625. The van der Waals surface area contributed by atoms with Gasteiger partial charge in [-0.25, -0.2) is 4.79 Å². The summed E-state index contributed by atoms with van der Waals surface area (Å²) >= 11 is 0. The number of Topliss-reactive ketones (excluding diaryl/α,β-unsaturated/α-hetero) is 1. The first-order chi connectivity index (χ1) is 10.2. The molecule has 3 rings (SSSR count). The lowest BCUT2D eigenvalue weighted by atomic mass is 9.78. The van der Waals surface area contributed by atoms with Gasteiger partial charge in [-0.1, -0.05) is 12.2 Å². The number of rotatable bonds is 1. The lowest BCUT2D eigenvalue weighted by Crippen LogP contribution is -2.48. The van der Waals surface area contributed by atoms with Crippen molar-refractivity contribution >= 4 is 11.8 Å². The Balaban J connectivity index is 2.20. The van der Waals surface area contributed by atoms with E-state index in [0.717, 1.165) is 5.57 Å². The number of methoxy groups -OCH3 is 1. The highest BCUT2D eigenvalue weighted by atomic mass is 16.6. The van der Waals surface area contributed by atoms with Crippen molar-refractivity contribution in [3.8, 4) is 0 Å². The molecular weight excluding hydrogens is 288 g/mol. The van der Waals surface area contributed by atoms with Gasteiger partial charge in [0.25, 0.3) is 0 Å². The average Bonchev–Trinajstić information content (AvgIpc) is 2.81. The number of aliphatic hydroxyl groups excluding tert-OH is 2. The molecule has 0 aromatic heterocycles. The molecule has 0 unspecified atom stereocenters. The van der Waals surface area contributed by atoms with Crippen LogP contribution in [0, 0.1) is 11.8 Å². The molecule has 2 aliphatic carbocycles. The highest BCUT2D eigenvalue weighted by molar-refractivity contribution is 5.99. The molecule has 1 saturated heterocycles. The van der Waals surface area contributed by atoms with Gasteiger partial charge in [-0.2, -0.15) is 0 Å². The number of fused-ring (bicyclic) bond motifs is 3. The van der Waals surface area contributed by atoms with Crippen molar-refractivity contribution in [2.24, 2.45) is 11.8 Å². The van der Waals surface area contributed by atoms with Gasteiger partial charge < -0.3 is 19.7 Å². The first-order valence-corrected chi connectivity index (χ1v) is 7.29. The monoisotopic (exact) mass is 308 g/mol. The topological polar surface area (TPSA) is 93.1 Å². The highest BCUT2D eigenvalue weighted by Crippen LogP contribution is 2.52. The van der Waals surface area contributed by atoms with Gasteiger partial charge in [-0.05, 0) is 25.8 Å².